The molecule has 1 unspecified atom stereocenters. The summed E-state index contributed by atoms with van der Waals surface area (Å²) >= 11 is 4.53. The average Bonchev–Trinajstić information content (AvgIpc) is 1.71. The molecule has 0 aliphatic rings. The molecule has 0 radical (unpaired) electrons. The van der Waals surface area contributed by atoms with Gasteiger partial charge >= 0.3 is 0 Å². The third-order valence-electron chi connectivity index (χ3n) is 0.500. The Morgan fingerprint density at radius 3 is 1.75 bits per heavy atom. The van der Waals surface area contributed by atoms with Gasteiger partial charge in [0.15, 0.2) is 0 Å². The van der Waals surface area contributed by atoms with Gasteiger partial charge in [-0.2, -0.15) is 0 Å². The van der Waals surface area contributed by atoms with E-state index >= 15 is 0 Å². The van der Waals surface area contributed by atoms with Gasteiger partial charge in [-0.1, -0.05) is 25.1 Å². The Balaban J connectivity index is 0. The van der Waals surface area contributed by atoms with E-state index in [1.54, 1.807) is 0 Å². The van der Waals surface area contributed by atoms with Gasteiger partial charge in [-0.15, -0.1) is 0 Å². The largest absolute Gasteiger partial charge is 0.317 e. The lowest BCUT2D eigenvalue weighted by molar-refractivity contribution is 0.605. The third kappa shape index (κ3) is 31.6. The normalized spacial score (nSPS) is 8.88. The summed E-state index contributed by atoms with van der Waals surface area (Å²) in [6.45, 7) is 6.39. The van der Waals surface area contributed by atoms with Crippen LogP contribution in [0.25, 0.3) is 0 Å². The zero-order valence-electron chi connectivity index (χ0n) is 5.28. The van der Waals surface area contributed by atoms with Gasteiger partial charge in [0, 0.05) is 0 Å². The molecule has 0 aromatic heterocycles. The Morgan fingerprint density at radius 2 is 1.75 bits per heavy atom. The minimum absolute atomic E-state index is 1.03. The van der Waals surface area contributed by atoms with Gasteiger partial charge in [0.2, 0.25) is 0 Å². The molecular weight excluding hydrogens is 144 g/mol. The molecule has 52 valence electrons. The molecule has 0 heterocycles. The van der Waals surface area contributed by atoms with Gasteiger partial charge in [-0.3, -0.25) is 0 Å². The summed E-state index contributed by atoms with van der Waals surface area (Å²) in [5, 5.41) is 3.11. The molecule has 4 heteroatoms. The van der Waals surface area contributed by atoms with Gasteiger partial charge in [-0.05, 0) is 13.1 Å². The molecule has 1 atom stereocenters. The van der Waals surface area contributed by atoms with Crippen LogP contribution < -0.4 is 5.32 Å². The predicted molar refractivity (Wildman–Crippen MR) is 40.5 cm³/mol. The number of hydrogen-bond acceptors (Lipinski definition) is 2. The number of halogens is 1. The maximum Gasteiger partial charge on any atom is 0.146 e. The summed E-state index contributed by atoms with van der Waals surface area (Å²) in [7, 11) is -1.03. The Kier molecular flexibility index (Phi) is 22.1. The lowest BCUT2D eigenvalue weighted by Gasteiger charge is -1.86. The van der Waals surface area contributed by atoms with Crippen molar-refractivity contribution in [2.75, 3.05) is 13.1 Å². The van der Waals surface area contributed by atoms with Crippen molar-refractivity contribution in [2.24, 2.45) is 0 Å². The first-order chi connectivity index (χ1) is 3.83. The smallest absolute Gasteiger partial charge is 0.146 e. The van der Waals surface area contributed by atoms with Gasteiger partial charge in [0.05, 0.1) is 0 Å². The van der Waals surface area contributed by atoms with Crippen molar-refractivity contribution in [3.63, 3.8) is 0 Å². The number of hydrogen-bond donors (Lipinski definition) is 1. The molecule has 0 aromatic carbocycles. The standard InChI is InChI=1S/C4H11N.ClH2OP/c1-3-5-4-2;1-3-2/h5H,3-4H2,1-2H3;3H2. The molecule has 0 aliphatic carbocycles. The molecule has 2 nitrogen and oxygen atoms in total. The Hall–Kier alpha value is 0.480. The Bertz CT molecular complexity index is 43.0. The first-order valence-corrected chi connectivity index (χ1v) is 4.79. The lowest BCUT2D eigenvalue weighted by Crippen LogP contribution is -2.09. The van der Waals surface area contributed by atoms with E-state index in [0.29, 0.717) is 0 Å². The Morgan fingerprint density at radius 1 is 1.50 bits per heavy atom. The van der Waals surface area contributed by atoms with Crippen LogP contribution in [0, 0.1) is 0 Å². The van der Waals surface area contributed by atoms with Crippen LogP contribution in [-0.4, -0.2) is 13.1 Å². The molecule has 0 saturated carbocycles. The number of nitrogens with one attached hydrogen (secondary N) is 1. The molecule has 0 spiro atoms. The van der Waals surface area contributed by atoms with E-state index in [-0.39, 0.29) is 0 Å². The molecule has 0 rings (SSSR count). The molecule has 0 amide bonds. The minimum atomic E-state index is -1.03. The fourth-order valence-corrected chi connectivity index (χ4v) is 0.250. The van der Waals surface area contributed by atoms with E-state index in [2.05, 4.69) is 30.4 Å². The van der Waals surface area contributed by atoms with Crippen LogP contribution in [0.1, 0.15) is 13.8 Å². The molecule has 8 heavy (non-hydrogen) atoms. The number of rotatable bonds is 2. The molecule has 1 N–H and O–H groups in total. The molecule has 0 bridgehead atoms. The second-order valence-corrected chi connectivity index (χ2v) is 1.76. The second kappa shape index (κ2) is 15.6. The van der Waals surface area contributed by atoms with E-state index in [0.717, 1.165) is 13.1 Å². The van der Waals surface area contributed by atoms with Gasteiger partial charge in [0.25, 0.3) is 0 Å². The van der Waals surface area contributed by atoms with Gasteiger partial charge in [-0.25, -0.2) is 0 Å². The fourth-order valence-electron chi connectivity index (χ4n) is 0.250. The van der Waals surface area contributed by atoms with Crippen molar-refractivity contribution in [2.45, 2.75) is 13.8 Å². The van der Waals surface area contributed by atoms with E-state index in [4.69, 9.17) is 4.57 Å². The molecule has 0 fully saturated rings. The highest BCUT2D eigenvalue weighted by molar-refractivity contribution is 7.57. The first kappa shape index (κ1) is 11.3. The second-order valence-electron chi connectivity index (χ2n) is 1.05. The van der Waals surface area contributed by atoms with Crippen molar-refractivity contribution in [1.29, 1.82) is 0 Å². The summed E-state index contributed by atoms with van der Waals surface area (Å²) in [6.07, 6.45) is 0. The summed E-state index contributed by atoms with van der Waals surface area (Å²) in [6, 6.07) is 0. The van der Waals surface area contributed by atoms with Gasteiger partial charge < -0.3 is 9.88 Å². The highest BCUT2D eigenvalue weighted by Gasteiger charge is 1.62. The van der Waals surface area contributed by atoms with Crippen LogP contribution in [-0.2, 0) is 4.57 Å². The van der Waals surface area contributed by atoms with Gasteiger partial charge in [0.1, 0.15) is 7.81 Å². The summed E-state index contributed by atoms with van der Waals surface area (Å²) < 4.78 is 8.78. The van der Waals surface area contributed by atoms with Crippen LogP contribution in [0.5, 0.6) is 0 Å². The Labute approximate surface area is 56.6 Å². The third-order valence-corrected chi connectivity index (χ3v) is 0.500. The van der Waals surface area contributed by atoms with Crippen molar-refractivity contribution in [3.05, 3.63) is 0 Å². The van der Waals surface area contributed by atoms with E-state index in [1.807, 2.05) is 0 Å². The highest BCUT2D eigenvalue weighted by Crippen LogP contribution is 1.92. The van der Waals surface area contributed by atoms with E-state index in [1.165, 1.54) is 0 Å². The summed E-state index contributed by atoms with van der Waals surface area (Å²) in [4.78, 5) is 0. The van der Waals surface area contributed by atoms with Crippen molar-refractivity contribution in [3.8, 4) is 0 Å². The minimum Gasteiger partial charge on any atom is -0.317 e. The van der Waals surface area contributed by atoms with Crippen LogP contribution >= 0.6 is 19.1 Å². The summed E-state index contributed by atoms with van der Waals surface area (Å²) in [5.74, 6) is 0. The highest BCUT2D eigenvalue weighted by atomic mass is 35.7. The average molecular weight is 158 g/mol. The molecule has 0 aliphatic heterocycles. The lowest BCUT2D eigenvalue weighted by atomic mass is 10.7. The molecule has 0 aromatic rings. The zero-order chi connectivity index (χ0) is 6.83. The van der Waals surface area contributed by atoms with Crippen molar-refractivity contribution in [1.82, 2.24) is 5.32 Å². The maximum absolute atomic E-state index is 8.78. The monoisotopic (exact) mass is 157 g/mol. The quantitative estimate of drug-likeness (QED) is 0.616. The zero-order valence-corrected chi connectivity index (χ0v) is 7.19. The molecular formula is C4H13ClNOP. The van der Waals surface area contributed by atoms with Crippen molar-refractivity contribution >= 4 is 19.1 Å². The van der Waals surface area contributed by atoms with Crippen LogP contribution in [0.4, 0.5) is 0 Å². The molecule has 0 saturated heterocycles. The topological polar surface area (TPSA) is 29.1 Å². The van der Waals surface area contributed by atoms with Crippen LogP contribution in [0.15, 0.2) is 0 Å². The maximum atomic E-state index is 8.78. The van der Waals surface area contributed by atoms with E-state index in [9.17, 15) is 0 Å². The fraction of sp³-hybridized carbons (Fsp3) is 1.00. The van der Waals surface area contributed by atoms with Crippen LogP contribution in [0.2, 0.25) is 0 Å². The predicted octanol–water partition coefficient (Wildman–Crippen LogP) is 1.51. The first-order valence-electron chi connectivity index (χ1n) is 2.58. The summed E-state index contributed by atoms with van der Waals surface area (Å²) in [5.41, 5.74) is 0. The van der Waals surface area contributed by atoms with Crippen LogP contribution in [0.3, 0.4) is 0 Å². The van der Waals surface area contributed by atoms with E-state index < -0.39 is 7.81 Å². The SMILES string of the molecule is CCNCC.O=[PH2]Cl. The van der Waals surface area contributed by atoms with Crippen molar-refractivity contribution < 1.29 is 4.57 Å².